The van der Waals surface area contributed by atoms with E-state index >= 15 is 0 Å². The van der Waals surface area contributed by atoms with Gasteiger partial charge in [-0.05, 0) is 24.6 Å². The van der Waals surface area contributed by atoms with Crippen LogP contribution in [0, 0.1) is 12.8 Å². The fourth-order valence-electron chi connectivity index (χ4n) is 2.06. The van der Waals surface area contributed by atoms with Gasteiger partial charge in [-0.15, -0.1) is 11.3 Å². The molecule has 1 heterocycles. The predicted octanol–water partition coefficient (Wildman–Crippen LogP) is 3.90. The van der Waals surface area contributed by atoms with Gasteiger partial charge in [0.25, 0.3) is 0 Å². The van der Waals surface area contributed by atoms with Crippen molar-refractivity contribution in [2.24, 2.45) is 5.92 Å². The summed E-state index contributed by atoms with van der Waals surface area (Å²) in [6, 6.07) is 5.47. The van der Waals surface area contributed by atoms with Crippen molar-refractivity contribution in [1.82, 2.24) is 4.98 Å². The van der Waals surface area contributed by atoms with E-state index in [0.717, 1.165) is 11.3 Å². The van der Waals surface area contributed by atoms with Crippen LogP contribution in [0.15, 0.2) is 23.6 Å². The first kappa shape index (κ1) is 18.4. The molecule has 5 nitrogen and oxygen atoms in total. The number of nitrogens with one attached hydrogen (secondary N) is 1. The minimum atomic E-state index is -0.115. The van der Waals surface area contributed by atoms with E-state index < -0.39 is 0 Å². The van der Waals surface area contributed by atoms with Crippen molar-refractivity contribution in [1.29, 1.82) is 0 Å². The van der Waals surface area contributed by atoms with E-state index in [-0.39, 0.29) is 24.2 Å². The summed E-state index contributed by atoms with van der Waals surface area (Å²) in [4.78, 5) is 30.0. The number of nitrogens with zero attached hydrogens (tertiary/aromatic N) is 2. The topological polar surface area (TPSA) is 62.3 Å². The lowest BCUT2D eigenvalue weighted by Crippen LogP contribution is -2.28. The number of halogens is 1. The third-order valence-corrected chi connectivity index (χ3v) is 4.83. The predicted molar refractivity (Wildman–Crippen MR) is 98.9 cm³/mol. The maximum atomic E-state index is 12.5. The Kier molecular flexibility index (Phi) is 5.96. The molecule has 0 spiro atoms. The smallest absolute Gasteiger partial charge is 0.232 e. The number of hydrogen-bond acceptors (Lipinski definition) is 4. The summed E-state index contributed by atoms with van der Waals surface area (Å²) in [6.45, 7) is 5.51. The highest BCUT2D eigenvalue weighted by Crippen LogP contribution is 2.26. The van der Waals surface area contributed by atoms with E-state index in [2.05, 4.69) is 10.3 Å². The van der Waals surface area contributed by atoms with Crippen molar-refractivity contribution in [2.45, 2.75) is 27.2 Å². The van der Waals surface area contributed by atoms with E-state index in [0.29, 0.717) is 15.8 Å². The minimum absolute atomic E-state index is 0.0890. The molecule has 0 saturated carbocycles. The van der Waals surface area contributed by atoms with Crippen LogP contribution >= 0.6 is 22.9 Å². The number of carbonyl (C=O) groups excluding carboxylic acids is 2. The van der Waals surface area contributed by atoms with Gasteiger partial charge >= 0.3 is 0 Å². The number of rotatable bonds is 5. The maximum Gasteiger partial charge on any atom is 0.232 e. The van der Waals surface area contributed by atoms with Crippen LogP contribution in [0.5, 0.6) is 0 Å². The quantitative estimate of drug-likeness (QED) is 0.873. The Balaban J connectivity index is 2.06. The fraction of sp³-hybridized carbons (Fsp3) is 0.353. The minimum Gasteiger partial charge on any atom is -0.315 e. The van der Waals surface area contributed by atoms with Gasteiger partial charge in [0.2, 0.25) is 11.8 Å². The molecule has 0 bridgehead atoms. The van der Waals surface area contributed by atoms with Crippen LogP contribution in [-0.2, 0) is 16.0 Å². The summed E-state index contributed by atoms with van der Waals surface area (Å²) in [5.74, 6) is -0.294. The average molecular weight is 366 g/mol. The lowest BCUT2D eigenvalue weighted by molar-refractivity contribution is -0.119. The van der Waals surface area contributed by atoms with Crippen molar-refractivity contribution in [2.75, 3.05) is 17.3 Å². The second-order valence-electron chi connectivity index (χ2n) is 5.80. The number of hydrogen-bond donors (Lipinski definition) is 1. The lowest BCUT2D eigenvalue weighted by atomic mass is 10.1. The Bertz CT molecular complexity index is 758. The van der Waals surface area contributed by atoms with Gasteiger partial charge in [0, 0.05) is 29.1 Å². The zero-order chi connectivity index (χ0) is 17.9. The molecule has 0 aliphatic carbocycles. The van der Waals surface area contributed by atoms with Gasteiger partial charge in [0.15, 0.2) is 5.13 Å². The van der Waals surface area contributed by atoms with Crippen molar-refractivity contribution in [3.8, 4) is 0 Å². The molecule has 24 heavy (non-hydrogen) atoms. The second kappa shape index (κ2) is 7.77. The van der Waals surface area contributed by atoms with Crippen molar-refractivity contribution in [3.05, 3.63) is 39.9 Å². The van der Waals surface area contributed by atoms with E-state index in [1.54, 1.807) is 23.4 Å². The molecule has 1 N–H and O–H groups in total. The first-order chi connectivity index (χ1) is 11.3. The molecule has 1 aromatic carbocycles. The Morgan fingerprint density at radius 1 is 1.38 bits per heavy atom. The Morgan fingerprint density at radius 2 is 2.08 bits per heavy atom. The van der Waals surface area contributed by atoms with Gasteiger partial charge in [0.05, 0.1) is 12.1 Å². The van der Waals surface area contributed by atoms with Crippen LogP contribution in [0.2, 0.25) is 5.02 Å². The highest BCUT2D eigenvalue weighted by molar-refractivity contribution is 7.13. The summed E-state index contributed by atoms with van der Waals surface area (Å²) in [6.07, 6.45) is 0.163. The third-order valence-electron chi connectivity index (χ3n) is 3.61. The zero-order valence-corrected chi connectivity index (χ0v) is 15.7. The molecule has 2 rings (SSSR count). The first-order valence-electron chi connectivity index (χ1n) is 7.56. The summed E-state index contributed by atoms with van der Waals surface area (Å²) in [7, 11) is 1.72. The molecule has 7 heteroatoms. The molecule has 0 aliphatic rings. The Hall–Kier alpha value is -1.92. The molecule has 0 aliphatic heterocycles. The van der Waals surface area contributed by atoms with Gasteiger partial charge in [-0.2, -0.15) is 0 Å². The summed E-state index contributed by atoms with van der Waals surface area (Å²) in [5.41, 5.74) is 2.27. The number of thiazole rings is 1. The SMILES string of the molecule is Cc1c(Cl)cccc1N(C)C(=O)Cc1csc(NC(=O)C(C)C)n1. The van der Waals surface area contributed by atoms with Crippen molar-refractivity contribution in [3.63, 3.8) is 0 Å². The number of benzene rings is 1. The highest BCUT2D eigenvalue weighted by Gasteiger charge is 2.17. The maximum absolute atomic E-state index is 12.5. The number of carbonyl (C=O) groups is 2. The van der Waals surface area contributed by atoms with Gasteiger partial charge in [-0.3, -0.25) is 9.59 Å². The van der Waals surface area contributed by atoms with Gasteiger partial charge in [0.1, 0.15) is 0 Å². The first-order valence-corrected chi connectivity index (χ1v) is 8.82. The van der Waals surface area contributed by atoms with Crippen LogP contribution < -0.4 is 10.2 Å². The molecule has 2 aromatic rings. The number of likely N-dealkylation sites (N-methyl/N-ethyl adjacent to an activating group) is 1. The summed E-state index contributed by atoms with van der Waals surface area (Å²) in [5, 5.41) is 5.66. The van der Waals surface area contributed by atoms with Crippen molar-refractivity contribution < 1.29 is 9.59 Å². The molecule has 0 fully saturated rings. The Morgan fingerprint density at radius 3 is 2.75 bits per heavy atom. The molecule has 0 saturated heterocycles. The fourth-order valence-corrected chi connectivity index (χ4v) is 2.95. The third kappa shape index (κ3) is 4.33. The molecule has 128 valence electrons. The Labute approximate surface area is 150 Å². The van der Waals surface area contributed by atoms with Crippen LogP contribution in [0.1, 0.15) is 25.1 Å². The molecular formula is C17H20ClN3O2S. The number of aromatic nitrogens is 1. The normalized spacial score (nSPS) is 10.8. The molecule has 0 radical (unpaired) electrons. The number of amides is 2. The van der Waals surface area contributed by atoms with E-state index in [4.69, 9.17) is 11.6 Å². The summed E-state index contributed by atoms with van der Waals surface area (Å²) < 4.78 is 0. The second-order valence-corrected chi connectivity index (χ2v) is 7.07. The molecule has 0 atom stereocenters. The van der Waals surface area contributed by atoms with Crippen LogP contribution in [0.4, 0.5) is 10.8 Å². The molecular weight excluding hydrogens is 346 g/mol. The summed E-state index contributed by atoms with van der Waals surface area (Å²) >= 11 is 7.43. The van der Waals surface area contributed by atoms with E-state index in [9.17, 15) is 9.59 Å². The molecule has 1 aromatic heterocycles. The number of anilines is 2. The van der Waals surface area contributed by atoms with E-state index in [1.807, 2.05) is 32.9 Å². The lowest BCUT2D eigenvalue weighted by Gasteiger charge is -2.19. The standard InChI is InChI=1S/C17H20ClN3O2S/c1-10(2)16(23)20-17-19-12(9-24-17)8-15(22)21(4)14-7-5-6-13(18)11(14)3/h5-7,9-10H,8H2,1-4H3,(H,19,20,23). The largest absolute Gasteiger partial charge is 0.315 e. The molecule has 0 unspecified atom stereocenters. The van der Waals surface area contributed by atoms with Gasteiger partial charge in [-0.1, -0.05) is 31.5 Å². The van der Waals surface area contributed by atoms with Crippen LogP contribution in [-0.4, -0.2) is 23.8 Å². The van der Waals surface area contributed by atoms with Gasteiger partial charge < -0.3 is 10.2 Å². The van der Waals surface area contributed by atoms with Gasteiger partial charge in [-0.25, -0.2) is 4.98 Å². The molecule has 2 amide bonds. The van der Waals surface area contributed by atoms with Crippen molar-refractivity contribution >= 4 is 45.6 Å². The van der Waals surface area contributed by atoms with Crippen LogP contribution in [0.3, 0.4) is 0 Å². The highest BCUT2D eigenvalue weighted by atomic mass is 35.5. The monoisotopic (exact) mass is 365 g/mol. The zero-order valence-electron chi connectivity index (χ0n) is 14.1. The van der Waals surface area contributed by atoms with E-state index in [1.165, 1.54) is 11.3 Å². The van der Waals surface area contributed by atoms with Crippen LogP contribution in [0.25, 0.3) is 0 Å². The average Bonchev–Trinajstić information content (AvgIpc) is 2.96.